The average molecular weight is 311 g/mol. The SMILES string of the molecule is CC(=O)Nc1ccccc1Oc1ccc(OC(F)(F)F)cc1. The molecule has 0 spiro atoms. The molecule has 0 aliphatic rings. The number of hydrogen-bond acceptors (Lipinski definition) is 3. The highest BCUT2D eigenvalue weighted by atomic mass is 19.4. The fourth-order valence-electron chi connectivity index (χ4n) is 1.68. The topological polar surface area (TPSA) is 47.6 Å². The van der Waals surface area contributed by atoms with E-state index in [9.17, 15) is 18.0 Å². The molecule has 0 heterocycles. The number of benzene rings is 2. The molecule has 2 aromatic carbocycles. The highest BCUT2D eigenvalue weighted by Gasteiger charge is 2.30. The van der Waals surface area contributed by atoms with Crippen molar-refractivity contribution in [3.05, 3.63) is 48.5 Å². The maximum atomic E-state index is 12.1. The van der Waals surface area contributed by atoms with Gasteiger partial charge in [-0.15, -0.1) is 13.2 Å². The standard InChI is InChI=1S/C15H12F3NO3/c1-10(20)19-13-4-2-3-5-14(13)21-11-6-8-12(9-7-11)22-15(16,17)18/h2-9H,1H3,(H,19,20). The van der Waals surface area contributed by atoms with E-state index < -0.39 is 6.36 Å². The summed E-state index contributed by atoms with van der Waals surface area (Å²) >= 11 is 0. The minimum absolute atomic E-state index is 0.259. The number of ether oxygens (including phenoxy) is 2. The third-order valence-electron chi connectivity index (χ3n) is 2.48. The van der Waals surface area contributed by atoms with E-state index >= 15 is 0 Å². The Morgan fingerprint density at radius 2 is 1.59 bits per heavy atom. The van der Waals surface area contributed by atoms with E-state index in [1.807, 2.05) is 0 Å². The van der Waals surface area contributed by atoms with Crippen LogP contribution in [0.2, 0.25) is 0 Å². The van der Waals surface area contributed by atoms with Crippen LogP contribution in [0.1, 0.15) is 6.92 Å². The molecule has 0 bridgehead atoms. The second-order valence-electron chi connectivity index (χ2n) is 4.30. The summed E-state index contributed by atoms with van der Waals surface area (Å²) in [7, 11) is 0. The Kier molecular flexibility index (Phi) is 4.55. The number of carbonyl (C=O) groups is 1. The largest absolute Gasteiger partial charge is 0.573 e. The van der Waals surface area contributed by atoms with Crippen LogP contribution in [-0.4, -0.2) is 12.3 Å². The van der Waals surface area contributed by atoms with Crippen LogP contribution in [0.15, 0.2) is 48.5 Å². The van der Waals surface area contributed by atoms with E-state index in [1.165, 1.54) is 19.1 Å². The Morgan fingerprint density at radius 3 is 2.18 bits per heavy atom. The number of carbonyl (C=O) groups excluding carboxylic acids is 1. The molecule has 0 saturated carbocycles. The number of halogens is 3. The van der Waals surface area contributed by atoms with E-state index in [0.29, 0.717) is 17.2 Å². The van der Waals surface area contributed by atoms with E-state index in [0.717, 1.165) is 12.1 Å². The Hall–Kier alpha value is -2.70. The predicted octanol–water partition coefficient (Wildman–Crippen LogP) is 4.34. The average Bonchev–Trinajstić information content (AvgIpc) is 2.41. The van der Waals surface area contributed by atoms with E-state index in [2.05, 4.69) is 10.1 Å². The van der Waals surface area contributed by atoms with Gasteiger partial charge in [0.05, 0.1) is 5.69 Å². The molecular weight excluding hydrogens is 299 g/mol. The molecule has 0 radical (unpaired) electrons. The maximum absolute atomic E-state index is 12.1. The molecule has 2 rings (SSSR count). The van der Waals surface area contributed by atoms with Crippen LogP contribution in [0.3, 0.4) is 0 Å². The molecule has 7 heteroatoms. The first-order chi connectivity index (χ1) is 10.3. The lowest BCUT2D eigenvalue weighted by atomic mass is 10.3. The first-order valence-electron chi connectivity index (χ1n) is 6.24. The minimum Gasteiger partial charge on any atom is -0.455 e. The van der Waals surface area contributed by atoms with Crippen LogP contribution in [0.25, 0.3) is 0 Å². The first kappa shape index (κ1) is 15.7. The van der Waals surface area contributed by atoms with Gasteiger partial charge >= 0.3 is 6.36 Å². The van der Waals surface area contributed by atoms with Crippen molar-refractivity contribution in [1.29, 1.82) is 0 Å². The van der Waals surface area contributed by atoms with E-state index in [1.54, 1.807) is 24.3 Å². The minimum atomic E-state index is -4.74. The lowest BCUT2D eigenvalue weighted by molar-refractivity contribution is -0.274. The summed E-state index contributed by atoms with van der Waals surface area (Å²) in [6.45, 7) is 1.36. The van der Waals surface area contributed by atoms with Crippen LogP contribution >= 0.6 is 0 Å². The molecule has 0 atom stereocenters. The molecule has 0 aliphatic carbocycles. The molecule has 0 fully saturated rings. The van der Waals surface area contributed by atoms with E-state index in [4.69, 9.17) is 4.74 Å². The van der Waals surface area contributed by atoms with Crippen LogP contribution in [0, 0.1) is 0 Å². The number of alkyl halides is 3. The second kappa shape index (κ2) is 6.38. The summed E-state index contributed by atoms with van der Waals surface area (Å²) in [4.78, 5) is 11.1. The van der Waals surface area contributed by atoms with Crippen molar-refractivity contribution in [2.45, 2.75) is 13.3 Å². The number of anilines is 1. The van der Waals surface area contributed by atoms with Gasteiger partial charge in [-0.25, -0.2) is 0 Å². The third kappa shape index (κ3) is 4.69. The molecule has 1 amide bonds. The molecule has 1 N–H and O–H groups in total. The van der Waals surface area contributed by atoms with Crippen LogP contribution < -0.4 is 14.8 Å². The van der Waals surface area contributed by atoms with Gasteiger partial charge in [-0.3, -0.25) is 4.79 Å². The molecule has 0 saturated heterocycles. The predicted molar refractivity (Wildman–Crippen MR) is 73.9 cm³/mol. The Morgan fingerprint density at radius 1 is 1.00 bits per heavy atom. The Balaban J connectivity index is 2.13. The summed E-state index contributed by atoms with van der Waals surface area (Å²) in [6.07, 6.45) is -4.74. The fourth-order valence-corrected chi connectivity index (χ4v) is 1.68. The van der Waals surface area contributed by atoms with Crippen LogP contribution in [0.4, 0.5) is 18.9 Å². The normalized spacial score (nSPS) is 10.9. The van der Waals surface area contributed by atoms with Crippen molar-refractivity contribution < 1.29 is 27.4 Å². The molecule has 2 aromatic rings. The highest BCUT2D eigenvalue weighted by Crippen LogP contribution is 2.31. The van der Waals surface area contributed by atoms with Gasteiger partial charge in [0.1, 0.15) is 11.5 Å². The van der Waals surface area contributed by atoms with E-state index in [-0.39, 0.29) is 11.7 Å². The molecule has 4 nitrogen and oxygen atoms in total. The van der Waals surface area contributed by atoms with Crippen LogP contribution in [-0.2, 0) is 4.79 Å². The molecular formula is C15H12F3NO3. The summed E-state index contributed by atoms with van der Waals surface area (Å²) in [5.41, 5.74) is 0.464. The van der Waals surface area contributed by atoms with Crippen molar-refractivity contribution in [2.24, 2.45) is 0 Å². The molecule has 116 valence electrons. The zero-order chi connectivity index (χ0) is 16.2. The van der Waals surface area contributed by atoms with Crippen molar-refractivity contribution in [1.82, 2.24) is 0 Å². The molecule has 0 aliphatic heterocycles. The molecule has 0 aromatic heterocycles. The second-order valence-corrected chi connectivity index (χ2v) is 4.30. The number of amides is 1. The molecule has 22 heavy (non-hydrogen) atoms. The van der Waals surface area contributed by atoms with Crippen molar-refractivity contribution in [2.75, 3.05) is 5.32 Å². The number of para-hydroxylation sites is 2. The van der Waals surface area contributed by atoms with Gasteiger partial charge in [-0.05, 0) is 36.4 Å². The Labute approximate surface area is 124 Å². The van der Waals surface area contributed by atoms with Gasteiger partial charge in [0.15, 0.2) is 5.75 Å². The van der Waals surface area contributed by atoms with Gasteiger partial charge in [-0.1, -0.05) is 12.1 Å². The van der Waals surface area contributed by atoms with Gasteiger partial charge in [0, 0.05) is 6.92 Å². The van der Waals surface area contributed by atoms with Crippen molar-refractivity contribution in [3.8, 4) is 17.2 Å². The van der Waals surface area contributed by atoms with Crippen molar-refractivity contribution in [3.63, 3.8) is 0 Å². The number of hydrogen-bond donors (Lipinski definition) is 1. The highest BCUT2D eigenvalue weighted by molar-refractivity contribution is 5.90. The van der Waals surface area contributed by atoms with Gasteiger partial charge < -0.3 is 14.8 Å². The van der Waals surface area contributed by atoms with Gasteiger partial charge in [-0.2, -0.15) is 0 Å². The lowest BCUT2D eigenvalue weighted by Crippen LogP contribution is -2.16. The van der Waals surface area contributed by atoms with Crippen LogP contribution in [0.5, 0.6) is 17.2 Å². The van der Waals surface area contributed by atoms with Crippen molar-refractivity contribution >= 4 is 11.6 Å². The summed E-state index contributed by atoms with van der Waals surface area (Å²) in [5.74, 6) is 0.0921. The fraction of sp³-hybridized carbons (Fsp3) is 0.133. The summed E-state index contributed by atoms with van der Waals surface area (Å²) < 4.78 is 45.5. The third-order valence-corrected chi connectivity index (χ3v) is 2.48. The van der Waals surface area contributed by atoms with Gasteiger partial charge in [0.2, 0.25) is 5.91 Å². The zero-order valence-corrected chi connectivity index (χ0v) is 11.5. The first-order valence-corrected chi connectivity index (χ1v) is 6.24. The molecule has 0 unspecified atom stereocenters. The quantitative estimate of drug-likeness (QED) is 0.914. The number of nitrogens with one attached hydrogen (secondary N) is 1. The number of rotatable bonds is 4. The monoisotopic (exact) mass is 311 g/mol. The lowest BCUT2D eigenvalue weighted by Gasteiger charge is -2.12. The smallest absolute Gasteiger partial charge is 0.455 e. The summed E-state index contributed by atoms with van der Waals surface area (Å²) in [5, 5.41) is 2.60. The van der Waals surface area contributed by atoms with Gasteiger partial charge in [0.25, 0.3) is 0 Å². The Bertz CT molecular complexity index is 654. The zero-order valence-electron chi connectivity index (χ0n) is 11.5. The summed E-state index contributed by atoms with van der Waals surface area (Å²) in [6, 6.07) is 11.7. The maximum Gasteiger partial charge on any atom is 0.573 e.